The second-order valence-corrected chi connectivity index (χ2v) is 2.06. The van der Waals surface area contributed by atoms with Gasteiger partial charge in [-0.05, 0) is 0 Å². The van der Waals surface area contributed by atoms with Crippen LogP contribution in [-0.2, 0) is 35.2 Å². The minimum atomic E-state index is -0.681. The van der Waals surface area contributed by atoms with E-state index in [-0.39, 0.29) is 0 Å². The van der Waals surface area contributed by atoms with Crippen molar-refractivity contribution in [2.45, 2.75) is 13.8 Å². The Bertz CT molecular complexity index is 108. The Morgan fingerprint density at radius 1 is 1.11 bits per heavy atom. The van der Waals surface area contributed by atoms with Crippen LogP contribution in [0.1, 0.15) is 13.8 Å². The van der Waals surface area contributed by atoms with Crippen molar-refractivity contribution in [2.24, 2.45) is 0 Å². The molecular formula is C4H6O4Pd. The van der Waals surface area contributed by atoms with Crippen molar-refractivity contribution in [1.82, 2.24) is 0 Å². The SMILES string of the molecule is CC(=O)[O][112Pd][O]C(C)=O. The fraction of sp³-hybridized carbons (Fsp3) is 0.500. The maximum atomic E-state index is 10.0. The van der Waals surface area contributed by atoms with E-state index in [1.807, 2.05) is 0 Å². The Morgan fingerprint density at radius 3 is 1.67 bits per heavy atom. The summed E-state index contributed by atoms with van der Waals surface area (Å²) < 4.78 is 8.64. The molecule has 0 aliphatic rings. The van der Waals surface area contributed by atoms with Crippen molar-refractivity contribution in [1.29, 1.82) is 0 Å². The first kappa shape index (κ1) is 8.60. The second kappa shape index (κ2) is 4.48. The van der Waals surface area contributed by atoms with E-state index >= 15 is 0 Å². The molecule has 0 aromatic carbocycles. The molecule has 0 atom stereocenters. The second-order valence-electron chi connectivity index (χ2n) is 1.16. The molecule has 0 aliphatic heterocycles. The van der Waals surface area contributed by atoms with Gasteiger partial charge in [-0.25, -0.2) is 0 Å². The predicted octanol–water partition coefficient (Wildman–Crippen LogP) is 0.0251. The zero-order valence-corrected chi connectivity index (χ0v) is 6.50. The number of carbonyl (C=O) groups is 2. The monoisotopic (exact) mass is 230 g/mol. The Labute approximate surface area is 61.5 Å². The quantitative estimate of drug-likeness (QED) is 0.627. The maximum absolute atomic E-state index is 10.0. The summed E-state index contributed by atoms with van der Waals surface area (Å²) in [6.45, 7) is 2.50. The molecule has 4 nitrogen and oxygen atoms in total. The van der Waals surface area contributed by atoms with E-state index in [0.29, 0.717) is 0 Å². The van der Waals surface area contributed by atoms with E-state index in [0.717, 1.165) is 0 Å². The third-order valence-electron chi connectivity index (χ3n) is 0.235. The minimum absolute atomic E-state index is 0.440. The zero-order valence-electron chi connectivity index (χ0n) is 4.95. The van der Waals surface area contributed by atoms with Gasteiger partial charge in [0.15, 0.2) is 0 Å². The Hall–Kier alpha value is -0.398. The number of carbonyl (C=O) groups excluding carboxylic acids is 2. The van der Waals surface area contributed by atoms with Gasteiger partial charge in [-0.2, -0.15) is 0 Å². The van der Waals surface area contributed by atoms with Crippen LogP contribution >= 0.6 is 0 Å². The molecule has 0 bridgehead atoms. The van der Waals surface area contributed by atoms with Crippen molar-refractivity contribution < 1.29 is 35.2 Å². The van der Waals surface area contributed by atoms with Gasteiger partial charge in [0.1, 0.15) is 0 Å². The molecule has 9 heavy (non-hydrogen) atoms. The molecule has 0 N–H and O–H groups in total. The van der Waals surface area contributed by atoms with Crippen LogP contribution in [0.4, 0.5) is 0 Å². The third kappa shape index (κ3) is 7.60. The van der Waals surface area contributed by atoms with Crippen molar-refractivity contribution in [3.63, 3.8) is 0 Å². The number of rotatable bonds is 2. The zero-order chi connectivity index (χ0) is 7.28. The molecule has 0 heterocycles. The van der Waals surface area contributed by atoms with E-state index in [4.69, 9.17) is 0 Å². The van der Waals surface area contributed by atoms with Crippen molar-refractivity contribution >= 4 is 11.9 Å². The van der Waals surface area contributed by atoms with Crippen LogP contribution < -0.4 is 0 Å². The molecule has 0 rings (SSSR count). The van der Waals surface area contributed by atoms with Crippen LogP contribution in [0.2, 0.25) is 0 Å². The number of hydrogen-bond donors (Lipinski definition) is 0. The first-order valence-electron chi connectivity index (χ1n) is 2.07. The number of hydrogen-bond acceptors (Lipinski definition) is 4. The third-order valence-corrected chi connectivity index (χ3v) is 1.39. The summed E-state index contributed by atoms with van der Waals surface area (Å²) in [5.41, 5.74) is 0. The summed E-state index contributed by atoms with van der Waals surface area (Å²) >= 11 is -0.681. The van der Waals surface area contributed by atoms with E-state index < -0.39 is 30.7 Å². The van der Waals surface area contributed by atoms with Gasteiger partial charge in [0.2, 0.25) is 0 Å². The summed E-state index contributed by atoms with van der Waals surface area (Å²) in [7, 11) is 0. The van der Waals surface area contributed by atoms with Crippen molar-refractivity contribution in [3.8, 4) is 0 Å². The normalized spacial score (nSPS) is 8.67. The summed E-state index contributed by atoms with van der Waals surface area (Å²) in [5, 5.41) is 0. The molecule has 0 fully saturated rings. The van der Waals surface area contributed by atoms with Gasteiger partial charge in [-0.3, -0.25) is 0 Å². The summed E-state index contributed by atoms with van der Waals surface area (Å²) in [5.74, 6) is -0.879. The molecule has 0 saturated carbocycles. The van der Waals surface area contributed by atoms with Crippen molar-refractivity contribution in [2.75, 3.05) is 0 Å². The van der Waals surface area contributed by atoms with Crippen LogP contribution in [0.3, 0.4) is 0 Å². The average Bonchev–Trinajstić information content (AvgIpc) is 1.63. The molecule has 0 aromatic rings. The molecule has 0 unspecified atom stereocenters. The molecule has 0 saturated heterocycles. The van der Waals surface area contributed by atoms with Crippen LogP contribution in [0.5, 0.6) is 0 Å². The first-order valence-corrected chi connectivity index (χ1v) is 3.34. The Balaban J connectivity index is 3.10. The Morgan fingerprint density at radius 2 is 1.44 bits per heavy atom. The van der Waals surface area contributed by atoms with E-state index in [1.165, 1.54) is 13.8 Å². The van der Waals surface area contributed by atoms with Gasteiger partial charge in [-0.1, -0.05) is 0 Å². The summed E-state index contributed by atoms with van der Waals surface area (Å²) in [6, 6.07) is 0. The standard InChI is InChI=1S/2C2H4O2.Pd/c2*1-2(3)4;/h2*1H3,(H,3,4);/q;;+2/p-2/i;;1+6. The van der Waals surface area contributed by atoms with Crippen LogP contribution in [0.15, 0.2) is 0 Å². The molecule has 56 valence electrons. The summed E-state index contributed by atoms with van der Waals surface area (Å²) in [4.78, 5) is 20.0. The average molecular weight is 230 g/mol. The fourth-order valence-electron chi connectivity index (χ4n) is 0.0874. The first-order chi connectivity index (χ1) is 4.13. The van der Waals surface area contributed by atoms with Gasteiger partial charge in [0, 0.05) is 0 Å². The van der Waals surface area contributed by atoms with Crippen LogP contribution in [-0.4, -0.2) is 11.9 Å². The molecular weight excluding hydrogens is 224 g/mol. The van der Waals surface area contributed by atoms with Crippen LogP contribution in [0, 0.1) is 0 Å². The van der Waals surface area contributed by atoms with E-state index in [2.05, 4.69) is 6.92 Å². The topological polar surface area (TPSA) is 52.6 Å². The molecule has 5 heteroatoms. The van der Waals surface area contributed by atoms with Crippen LogP contribution in [0.25, 0.3) is 0 Å². The van der Waals surface area contributed by atoms with Crippen molar-refractivity contribution in [3.05, 3.63) is 0 Å². The van der Waals surface area contributed by atoms with Gasteiger partial charge >= 0.3 is 61.0 Å². The molecule has 0 aliphatic carbocycles. The van der Waals surface area contributed by atoms with Gasteiger partial charge < -0.3 is 0 Å². The van der Waals surface area contributed by atoms with Gasteiger partial charge in [0.25, 0.3) is 0 Å². The fourth-order valence-corrected chi connectivity index (χ4v) is 0.517. The molecule has 0 radical (unpaired) electrons. The van der Waals surface area contributed by atoms with Gasteiger partial charge in [0.05, 0.1) is 0 Å². The molecule has 0 amide bonds. The van der Waals surface area contributed by atoms with E-state index in [9.17, 15) is 9.59 Å². The Kier molecular flexibility index (Phi) is 4.28. The predicted molar refractivity (Wildman–Crippen MR) is 23.5 cm³/mol. The summed E-state index contributed by atoms with van der Waals surface area (Å²) in [6.07, 6.45) is 0. The molecule has 0 aromatic heterocycles. The molecule has 0 spiro atoms. The van der Waals surface area contributed by atoms with Gasteiger partial charge in [-0.15, -0.1) is 0 Å². The van der Waals surface area contributed by atoms with E-state index in [1.54, 1.807) is 0 Å².